The summed E-state index contributed by atoms with van der Waals surface area (Å²) in [6, 6.07) is 8.17. The Morgan fingerprint density at radius 1 is 1.19 bits per heavy atom. The second-order valence-corrected chi connectivity index (χ2v) is 6.77. The molecule has 0 radical (unpaired) electrons. The van der Waals surface area contributed by atoms with Gasteiger partial charge < -0.3 is 5.32 Å². The molecule has 0 aromatic heterocycles. The summed E-state index contributed by atoms with van der Waals surface area (Å²) in [6.07, 6.45) is 5.30. The highest BCUT2D eigenvalue weighted by Crippen LogP contribution is 2.23. The zero-order valence-corrected chi connectivity index (χ0v) is 14.3. The Kier molecular flexibility index (Phi) is 6.25. The van der Waals surface area contributed by atoms with Crippen LogP contribution >= 0.6 is 0 Å². The minimum atomic E-state index is 0.462. The third kappa shape index (κ3) is 4.82. The molecule has 1 aliphatic rings. The SMILES string of the molecule is CCCNC(CN1CCCCC1C)c1cc(C)cc(C)c1. The Hall–Kier alpha value is -0.860. The molecule has 2 heteroatoms. The van der Waals surface area contributed by atoms with Crippen molar-refractivity contribution < 1.29 is 0 Å². The Bertz CT molecular complexity index is 421. The molecule has 1 fully saturated rings. The lowest BCUT2D eigenvalue weighted by atomic mass is 9.98. The number of rotatable bonds is 6. The highest BCUT2D eigenvalue weighted by atomic mass is 15.2. The Balaban J connectivity index is 2.12. The highest BCUT2D eigenvalue weighted by Gasteiger charge is 2.22. The van der Waals surface area contributed by atoms with E-state index in [1.807, 2.05) is 0 Å². The number of benzene rings is 1. The van der Waals surface area contributed by atoms with Crippen LogP contribution in [0.1, 0.15) is 62.3 Å². The molecule has 0 spiro atoms. The van der Waals surface area contributed by atoms with E-state index in [9.17, 15) is 0 Å². The maximum Gasteiger partial charge on any atom is 0.0449 e. The fourth-order valence-corrected chi connectivity index (χ4v) is 3.48. The molecule has 0 amide bonds. The molecule has 1 aromatic carbocycles. The van der Waals surface area contributed by atoms with Gasteiger partial charge in [0.05, 0.1) is 0 Å². The second kappa shape index (κ2) is 7.95. The zero-order chi connectivity index (χ0) is 15.2. The summed E-state index contributed by atoms with van der Waals surface area (Å²) < 4.78 is 0. The molecule has 2 unspecified atom stereocenters. The predicted octanol–water partition coefficient (Wildman–Crippen LogP) is 4.22. The minimum Gasteiger partial charge on any atom is -0.309 e. The van der Waals surface area contributed by atoms with Gasteiger partial charge in [-0.1, -0.05) is 42.7 Å². The van der Waals surface area contributed by atoms with Gasteiger partial charge in [-0.3, -0.25) is 4.90 Å². The number of nitrogens with zero attached hydrogens (tertiary/aromatic N) is 1. The summed E-state index contributed by atoms with van der Waals surface area (Å²) in [5.41, 5.74) is 4.21. The molecule has 0 aliphatic carbocycles. The Labute approximate surface area is 130 Å². The van der Waals surface area contributed by atoms with Crippen LogP contribution < -0.4 is 5.32 Å². The molecule has 118 valence electrons. The lowest BCUT2D eigenvalue weighted by Gasteiger charge is -2.36. The van der Waals surface area contributed by atoms with Crippen molar-refractivity contribution in [3.8, 4) is 0 Å². The van der Waals surface area contributed by atoms with Gasteiger partial charge >= 0.3 is 0 Å². The van der Waals surface area contributed by atoms with Gasteiger partial charge in [0.1, 0.15) is 0 Å². The summed E-state index contributed by atoms with van der Waals surface area (Å²) in [5, 5.41) is 3.77. The molecule has 2 nitrogen and oxygen atoms in total. The number of hydrogen-bond donors (Lipinski definition) is 1. The lowest BCUT2D eigenvalue weighted by Crippen LogP contribution is -2.43. The van der Waals surface area contributed by atoms with Crippen LogP contribution in [-0.4, -0.2) is 30.6 Å². The summed E-state index contributed by atoms with van der Waals surface area (Å²) in [5.74, 6) is 0. The van der Waals surface area contributed by atoms with Gasteiger partial charge in [0.25, 0.3) is 0 Å². The van der Waals surface area contributed by atoms with E-state index in [0.717, 1.165) is 19.1 Å². The van der Waals surface area contributed by atoms with Crippen LogP contribution in [0.15, 0.2) is 18.2 Å². The Morgan fingerprint density at radius 3 is 2.52 bits per heavy atom. The van der Waals surface area contributed by atoms with Gasteiger partial charge in [-0.2, -0.15) is 0 Å². The summed E-state index contributed by atoms with van der Waals surface area (Å²) in [6.45, 7) is 12.5. The van der Waals surface area contributed by atoms with Gasteiger partial charge in [0.15, 0.2) is 0 Å². The van der Waals surface area contributed by atoms with E-state index in [-0.39, 0.29) is 0 Å². The Morgan fingerprint density at radius 2 is 1.90 bits per heavy atom. The van der Waals surface area contributed by atoms with E-state index in [0.29, 0.717) is 6.04 Å². The molecular formula is C19H32N2. The van der Waals surface area contributed by atoms with Crippen LogP contribution in [-0.2, 0) is 0 Å². The minimum absolute atomic E-state index is 0.462. The molecule has 1 aliphatic heterocycles. The molecule has 1 saturated heterocycles. The maximum atomic E-state index is 3.77. The lowest BCUT2D eigenvalue weighted by molar-refractivity contribution is 0.144. The average molecular weight is 288 g/mol. The van der Waals surface area contributed by atoms with E-state index in [2.05, 4.69) is 56.1 Å². The van der Waals surface area contributed by atoms with Gasteiger partial charge in [0, 0.05) is 18.6 Å². The summed E-state index contributed by atoms with van der Waals surface area (Å²) in [4.78, 5) is 2.68. The first-order chi connectivity index (χ1) is 10.1. The van der Waals surface area contributed by atoms with Crippen LogP contribution in [0.2, 0.25) is 0 Å². The fourth-order valence-electron chi connectivity index (χ4n) is 3.48. The third-order valence-electron chi connectivity index (χ3n) is 4.64. The van der Waals surface area contributed by atoms with Crippen molar-refractivity contribution in [2.45, 2.75) is 65.5 Å². The van der Waals surface area contributed by atoms with Gasteiger partial charge in [0.2, 0.25) is 0 Å². The molecular weight excluding hydrogens is 256 g/mol. The molecule has 1 heterocycles. The van der Waals surface area contributed by atoms with E-state index in [4.69, 9.17) is 0 Å². The van der Waals surface area contributed by atoms with Crippen LogP contribution in [0.3, 0.4) is 0 Å². The summed E-state index contributed by atoms with van der Waals surface area (Å²) >= 11 is 0. The van der Waals surface area contributed by atoms with Crippen molar-refractivity contribution in [3.63, 3.8) is 0 Å². The van der Waals surface area contributed by atoms with E-state index >= 15 is 0 Å². The molecule has 1 N–H and O–H groups in total. The number of nitrogens with one attached hydrogen (secondary N) is 1. The standard InChI is InChI=1S/C19H32N2/c1-5-9-20-19(14-21-10-7-6-8-17(21)4)18-12-15(2)11-16(3)13-18/h11-13,17,19-20H,5-10,14H2,1-4H3. The number of piperidine rings is 1. The van der Waals surface area contributed by atoms with Crippen LogP contribution in [0.4, 0.5) is 0 Å². The predicted molar refractivity (Wildman–Crippen MR) is 91.8 cm³/mol. The quantitative estimate of drug-likeness (QED) is 0.843. The molecule has 2 rings (SSSR count). The van der Waals surface area contributed by atoms with Crippen molar-refractivity contribution in [2.24, 2.45) is 0 Å². The van der Waals surface area contributed by atoms with E-state index in [1.165, 1.54) is 48.9 Å². The van der Waals surface area contributed by atoms with Gasteiger partial charge in [-0.05, 0) is 58.7 Å². The van der Waals surface area contributed by atoms with Crippen molar-refractivity contribution in [2.75, 3.05) is 19.6 Å². The monoisotopic (exact) mass is 288 g/mol. The van der Waals surface area contributed by atoms with Crippen molar-refractivity contribution in [1.29, 1.82) is 0 Å². The first-order valence-electron chi connectivity index (χ1n) is 8.65. The van der Waals surface area contributed by atoms with E-state index < -0.39 is 0 Å². The van der Waals surface area contributed by atoms with Gasteiger partial charge in [-0.15, -0.1) is 0 Å². The average Bonchev–Trinajstić information content (AvgIpc) is 2.44. The zero-order valence-electron chi connectivity index (χ0n) is 14.3. The first kappa shape index (κ1) is 16.5. The van der Waals surface area contributed by atoms with Crippen LogP contribution in [0, 0.1) is 13.8 Å². The molecule has 1 aromatic rings. The first-order valence-corrected chi connectivity index (χ1v) is 8.65. The second-order valence-electron chi connectivity index (χ2n) is 6.77. The largest absolute Gasteiger partial charge is 0.309 e. The topological polar surface area (TPSA) is 15.3 Å². The number of hydrogen-bond acceptors (Lipinski definition) is 2. The highest BCUT2D eigenvalue weighted by molar-refractivity contribution is 5.31. The van der Waals surface area contributed by atoms with Crippen molar-refractivity contribution in [1.82, 2.24) is 10.2 Å². The normalized spacial score (nSPS) is 21.4. The van der Waals surface area contributed by atoms with Crippen molar-refractivity contribution in [3.05, 3.63) is 34.9 Å². The molecule has 0 saturated carbocycles. The third-order valence-corrected chi connectivity index (χ3v) is 4.64. The number of aryl methyl sites for hydroxylation is 2. The molecule has 21 heavy (non-hydrogen) atoms. The van der Waals surface area contributed by atoms with Crippen LogP contribution in [0.25, 0.3) is 0 Å². The maximum absolute atomic E-state index is 3.77. The summed E-state index contributed by atoms with van der Waals surface area (Å²) in [7, 11) is 0. The van der Waals surface area contributed by atoms with E-state index in [1.54, 1.807) is 0 Å². The fraction of sp³-hybridized carbons (Fsp3) is 0.684. The number of likely N-dealkylation sites (tertiary alicyclic amines) is 1. The van der Waals surface area contributed by atoms with Crippen molar-refractivity contribution >= 4 is 0 Å². The molecule has 2 atom stereocenters. The molecule has 0 bridgehead atoms. The van der Waals surface area contributed by atoms with Gasteiger partial charge in [-0.25, -0.2) is 0 Å². The van der Waals surface area contributed by atoms with Crippen LogP contribution in [0.5, 0.6) is 0 Å². The smallest absolute Gasteiger partial charge is 0.0449 e.